The van der Waals surface area contributed by atoms with E-state index >= 15 is 0 Å². The number of hydrogen-bond donors (Lipinski definition) is 2. The predicted molar refractivity (Wildman–Crippen MR) is 88.3 cm³/mol. The van der Waals surface area contributed by atoms with E-state index in [2.05, 4.69) is 12.2 Å². The van der Waals surface area contributed by atoms with Gasteiger partial charge in [0.15, 0.2) is 0 Å². The molecule has 0 bridgehead atoms. The molecule has 0 aromatic heterocycles. The Labute approximate surface area is 132 Å². The maximum Gasteiger partial charge on any atom is 0.244 e. The summed E-state index contributed by atoms with van der Waals surface area (Å²) in [5.41, 5.74) is 1.92. The Hall–Kier alpha value is -1.32. The summed E-state index contributed by atoms with van der Waals surface area (Å²) in [5.74, 6) is 0.219. The van der Waals surface area contributed by atoms with E-state index < -0.39 is 0 Å². The SMILES string of the molecule is CCCC(CCO)CNC(=O)/C=C/c1ccc(C)c(Cl)c1. The minimum absolute atomic E-state index is 0.120. The van der Waals surface area contributed by atoms with Gasteiger partial charge in [0.25, 0.3) is 0 Å². The number of carbonyl (C=O) groups excluding carboxylic acids is 1. The third-order valence-electron chi connectivity index (χ3n) is 3.42. The topological polar surface area (TPSA) is 49.3 Å². The molecule has 1 atom stereocenters. The smallest absolute Gasteiger partial charge is 0.244 e. The van der Waals surface area contributed by atoms with Gasteiger partial charge in [-0.3, -0.25) is 4.79 Å². The van der Waals surface area contributed by atoms with Gasteiger partial charge in [-0.2, -0.15) is 0 Å². The van der Waals surface area contributed by atoms with Gasteiger partial charge in [-0.1, -0.05) is 37.1 Å². The average Bonchev–Trinajstić information content (AvgIpc) is 2.46. The van der Waals surface area contributed by atoms with Crippen LogP contribution in [0.5, 0.6) is 0 Å². The second-order valence-corrected chi connectivity index (χ2v) is 5.66. The Morgan fingerprint density at radius 2 is 2.19 bits per heavy atom. The molecule has 116 valence electrons. The van der Waals surface area contributed by atoms with Gasteiger partial charge in [0.1, 0.15) is 0 Å². The normalized spacial score (nSPS) is 12.6. The summed E-state index contributed by atoms with van der Waals surface area (Å²) < 4.78 is 0. The molecule has 1 aromatic rings. The van der Waals surface area contributed by atoms with Gasteiger partial charge in [-0.15, -0.1) is 0 Å². The zero-order chi connectivity index (χ0) is 15.7. The van der Waals surface area contributed by atoms with Crippen molar-refractivity contribution in [2.75, 3.05) is 13.2 Å². The van der Waals surface area contributed by atoms with Gasteiger partial charge < -0.3 is 10.4 Å². The standard InChI is InChI=1S/C17H24ClNO2/c1-3-4-15(9-10-20)12-19-17(21)8-7-14-6-5-13(2)16(18)11-14/h5-8,11,15,20H,3-4,9-10,12H2,1-2H3,(H,19,21)/b8-7+. The van der Waals surface area contributed by atoms with Crippen LogP contribution in [0.4, 0.5) is 0 Å². The lowest BCUT2D eigenvalue weighted by Crippen LogP contribution is -2.28. The van der Waals surface area contributed by atoms with E-state index in [1.165, 1.54) is 6.08 Å². The molecule has 0 spiro atoms. The zero-order valence-electron chi connectivity index (χ0n) is 12.7. The molecule has 0 saturated carbocycles. The van der Waals surface area contributed by atoms with Crippen LogP contribution in [0.25, 0.3) is 6.08 Å². The molecule has 1 aromatic carbocycles. The van der Waals surface area contributed by atoms with Crippen molar-refractivity contribution < 1.29 is 9.90 Å². The quantitative estimate of drug-likeness (QED) is 0.721. The predicted octanol–water partition coefficient (Wildman–Crippen LogP) is 3.58. The number of benzene rings is 1. The van der Waals surface area contributed by atoms with Crippen LogP contribution < -0.4 is 5.32 Å². The maximum absolute atomic E-state index is 11.8. The first-order valence-electron chi connectivity index (χ1n) is 7.39. The molecule has 0 radical (unpaired) electrons. The van der Waals surface area contributed by atoms with Crippen molar-refractivity contribution in [1.82, 2.24) is 5.32 Å². The van der Waals surface area contributed by atoms with Crippen molar-refractivity contribution in [3.05, 3.63) is 40.4 Å². The molecule has 1 rings (SSSR count). The van der Waals surface area contributed by atoms with E-state index in [1.807, 2.05) is 25.1 Å². The Balaban J connectivity index is 2.48. The number of carbonyl (C=O) groups is 1. The van der Waals surface area contributed by atoms with E-state index in [-0.39, 0.29) is 12.5 Å². The van der Waals surface area contributed by atoms with Gasteiger partial charge >= 0.3 is 0 Å². The van der Waals surface area contributed by atoms with E-state index in [9.17, 15) is 4.79 Å². The van der Waals surface area contributed by atoms with E-state index in [0.717, 1.165) is 30.4 Å². The fraction of sp³-hybridized carbons (Fsp3) is 0.471. The Kier molecular flexibility index (Phi) is 8.09. The number of aliphatic hydroxyl groups excluding tert-OH is 1. The van der Waals surface area contributed by atoms with Crippen molar-refractivity contribution in [1.29, 1.82) is 0 Å². The number of nitrogens with one attached hydrogen (secondary N) is 1. The number of aliphatic hydroxyl groups is 1. The largest absolute Gasteiger partial charge is 0.396 e. The number of amides is 1. The van der Waals surface area contributed by atoms with Gasteiger partial charge in [0.05, 0.1) is 0 Å². The minimum atomic E-state index is -0.120. The zero-order valence-corrected chi connectivity index (χ0v) is 13.5. The first-order chi connectivity index (χ1) is 10.1. The first kappa shape index (κ1) is 17.7. The summed E-state index contributed by atoms with van der Waals surface area (Å²) in [7, 11) is 0. The molecule has 1 amide bonds. The summed E-state index contributed by atoms with van der Waals surface area (Å²) in [6.45, 7) is 4.81. The molecule has 0 fully saturated rings. The summed E-state index contributed by atoms with van der Waals surface area (Å²) >= 11 is 6.04. The number of halogens is 1. The van der Waals surface area contributed by atoms with Gasteiger partial charge in [-0.05, 0) is 49.0 Å². The molecule has 0 aliphatic rings. The first-order valence-corrected chi connectivity index (χ1v) is 7.77. The van der Waals surface area contributed by atoms with Crippen molar-refractivity contribution in [2.24, 2.45) is 5.92 Å². The van der Waals surface area contributed by atoms with Crippen LogP contribution in [0.2, 0.25) is 5.02 Å². The highest BCUT2D eigenvalue weighted by molar-refractivity contribution is 6.31. The lowest BCUT2D eigenvalue weighted by atomic mass is 10.0. The fourth-order valence-electron chi connectivity index (χ4n) is 2.13. The van der Waals surface area contributed by atoms with Crippen LogP contribution in [0, 0.1) is 12.8 Å². The molecule has 3 nitrogen and oxygen atoms in total. The van der Waals surface area contributed by atoms with Crippen molar-refractivity contribution >= 4 is 23.6 Å². The molecule has 2 N–H and O–H groups in total. The van der Waals surface area contributed by atoms with Crippen LogP contribution in [-0.4, -0.2) is 24.2 Å². The van der Waals surface area contributed by atoms with E-state index in [1.54, 1.807) is 6.08 Å². The highest BCUT2D eigenvalue weighted by atomic mass is 35.5. The number of aryl methyl sites for hydroxylation is 1. The van der Waals surface area contributed by atoms with Crippen molar-refractivity contribution in [3.63, 3.8) is 0 Å². The summed E-state index contributed by atoms with van der Waals surface area (Å²) in [5, 5.41) is 12.6. The van der Waals surface area contributed by atoms with Gasteiger partial charge in [0.2, 0.25) is 5.91 Å². The molecule has 21 heavy (non-hydrogen) atoms. The molecule has 4 heteroatoms. The van der Waals surface area contributed by atoms with Gasteiger partial charge in [-0.25, -0.2) is 0 Å². The van der Waals surface area contributed by atoms with E-state index in [0.29, 0.717) is 17.5 Å². The summed E-state index contributed by atoms with van der Waals surface area (Å²) in [6, 6.07) is 5.70. The van der Waals surface area contributed by atoms with Crippen LogP contribution in [0.15, 0.2) is 24.3 Å². The highest BCUT2D eigenvalue weighted by Gasteiger charge is 2.07. The lowest BCUT2D eigenvalue weighted by molar-refractivity contribution is -0.116. The molecule has 1 unspecified atom stereocenters. The highest BCUT2D eigenvalue weighted by Crippen LogP contribution is 2.17. The second kappa shape index (κ2) is 9.59. The molecule has 0 aliphatic heterocycles. The maximum atomic E-state index is 11.8. The average molecular weight is 310 g/mol. The summed E-state index contributed by atoms with van der Waals surface area (Å²) in [6.07, 6.45) is 6.06. The molecule has 0 heterocycles. The monoisotopic (exact) mass is 309 g/mol. The number of hydrogen-bond acceptors (Lipinski definition) is 2. The van der Waals surface area contributed by atoms with Crippen LogP contribution >= 0.6 is 11.6 Å². The second-order valence-electron chi connectivity index (χ2n) is 5.25. The van der Waals surface area contributed by atoms with Crippen molar-refractivity contribution in [2.45, 2.75) is 33.1 Å². The fourth-order valence-corrected chi connectivity index (χ4v) is 2.32. The lowest BCUT2D eigenvalue weighted by Gasteiger charge is -2.14. The molecule has 0 aliphatic carbocycles. The minimum Gasteiger partial charge on any atom is -0.396 e. The van der Waals surface area contributed by atoms with Gasteiger partial charge in [0, 0.05) is 24.3 Å². The van der Waals surface area contributed by atoms with Crippen LogP contribution in [-0.2, 0) is 4.79 Å². The third kappa shape index (κ3) is 6.78. The Morgan fingerprint density at radius 3 is 2.81 bits per heavy atom. The van der Waals surface area contributed by atoms with E-state index in [4.69, 9.17) is 16.7 Å². The summed E-state index contributed by atoms with van der Waals surface area (Å²) in [4.78, 5) is 11.8. The van der Waals surface area contributed by atoms with Crippen molar-refractivity contribution in [3.8, 4) is 0 Å². The molecular formula is C17H24ClNO2. The van der Waals surface area contributed by atoms with Crippen LogP contribution in [0.1, 0.15) is 37.3 Å². The Bertz CT molecular complexity index is 480. The molecular weight excluding hydrogens is 286 g/mol. The number of rotatable bonds is 8. The third-order valence-corrected chi connectivity index (χ3v) is 3.83. The van der Waals surface area contributed by atoms with Crippen LogP contribution in [0.3, 0.4) is 0 Å². The molecule has 0 saturated heterocycles. The Morgan fingerprint density at radius 1 is 1.43 bits per heavy atom.